The van der Waals surface area contributed by atoms with E-state index in [2.05, 4.69) is 12.2 Å². The molecule has 4 atom stereocenters. The molecule has 6 nitrogen and oxygen atoms in total. The molecule has 166 valence electrons. The van der Waals surface area contributed by atoms with Crippen LogP contribution in [0.2, 0.25) is 0 Å². The Kier molecular flexibility index (Phi) is 7.50. The number of rotatable bonds is 5. The van der Waals surface area contributed by atoms with Crippen LogP contribution in [0.25, 0.3) is 0 Å². The molecule has 2 unspecified atom stereocenters. The Morgan fingerprint density at radius 3 is 2.77 bits per heavy atom. The summed E-state index contributed by atoms with van der Waals surface area (Å²) in [4.78, 5) is 37.9. The first-order valence-corrected chi connectivity index (χ1v) is 11.6. The van der Waals surface area contributed by atoms with Gasteiger partial charge in [-0.15, -0.1) is 0 Å². The zero-order valence-electron chi connectivity index (χ0n) is 18.4. The lowest BCUT2D eigenvalue weighted by Gasteiger charge is -2.31. The molecule has 2 aliphatic heterocycles. The van der Waals surface area contributed by atoms with Crippen molar-refractivity contribution in [1.29, 1.82) is 0 Å². The number of aliphatic hydroxyl groups is 1. The molecule has 0 spiro atoms. The number of amides is 2. The van der Waals surface area contributed by atoms with Crippen LogP contribution in [0.5, 0.6) is 0 Å². The fourth-order valence-electron chi connectivity index (χ4n) is 5.32. The van der Waals surface area contributed by atoms with E-state index in [1.165, 1.54) is 49.5 Å². The van der Waals surface area contributed by atoms with E-state index in [1.54, 1.807) is 11.9 Å². The van der Waals surface area contributed by atoms with Gasteiger partial charge in [0.25, 0.3) is 5.91 Å². The molecule has 0 aromatic carbocycles. The maximum Gasteiger partial charge on any atom is 0.259 e. The summed E-state index contributed by atoms with van der Waals surface area (Å²) < 4.78 is 0. The highest BCUT2D eigenvalue weighted by atomic mass is 16.3. The van der Waals surface area contributed by atoms with Crippen molar-refractivity contribution in [3.05, 3.63) is 23.8 Å². The Hall–Kier alpha value is -1.95. The summed E-state index contributed by atoms with van der Waals surface area (Å²) in [6.45, 7) is 2.96. The second-order valence-electron chi connectivity index (χ2n) is 9.13. The average molecular weight is 417 g/mol. The fraction of sp³-hybridized carbons (Fsp3) is 0.708. The molecule has 6 heteroatoms. The highest BCUT2D eigenvalue weighted by molar-refractivity contribution is 6.13. The van der Waals surface area contributed by atoms with E-state index in [0.717, 1.165) is 24.7 Å². The van der Waals surface area contributed by atoms with E-state index in [4.69, 9.17) is 0 Å². The van der Waals surface area contributed by atoms with Gasteiger partial charge in [0, 0.05) is 20.1 Å². The molecule has 0 aromatic rings. The molecular weight excluding hydrogens is 380 g/mol. The Bertz CT molecular complexity index is 716. The minimum atomic E-state index is -1.63. The van der Waals surface area contributed by atoms with Gasteiger partial charge < -0.3 is 14.9 Å². The number of hydrogen-bond donors (Lipinski definition) is 1. The molecule has 1 saturated heterocycles. The monoisotopic (exact) mass is 416 g/mol. The third-order valence-electron chi connectivity index (χ3n) is 7.15. The lowest BCUT2D eigenvalue weighted by atomic mass is 9.74. The number of carbonyl (C=O) groups is 3. The van der Waals surface area contributed by atoms with Crippen LogP contribution < -0.4 is 0 Å². The molecule has 30 heavy (non-hydrogen) atoms. The van der Waals surface area contributed by atoms with Gasteiger partial charge in [0.1, 0.15) is 0 Å². The van der Waals surface area contributed by atoms with Crippen molar-refractivity contribution < 1.29 is 19.5 Å². The summed E-state index contributed by atoms with van der Waals surface area (Å²) in [7, 11) is 1.70. The van der Waals surface area contributed by atoms with Crippen molar-refractivity contribution in [3.63, 3.8) is 0 Å². The highest BCUT2D eigenvalue weighted by Crippen LogP contribution is 2.40. The van der Waals surface area contributed by atoms with Crippen molar-refractivity contribution in [3.8, 4) is 0 Å². The van der Waals surface area contributed by atoms with Crippen molar-refractivity contribution in [2.45, 2.75) is 70.4 Å². The van der Waals surface area contributed by atoms with Crippen LogP contribution in [0, 0.1) is 17.8 Å². The molecule has 1 N–H and O–H groups in total. The van der Waals surface area contributed by atoms with E-state index in [-0.39, 0.29) is 11.5 Å². The number of nitrogens with zero attached hydrogens (tertiary/aromatic N) is 2. The molecule has 2 amide bonds. The van der Waals surface area contributed by atoms with Gasteiger partial charge in [-0.2, -0.15) is 0 Å². The first-order valence-electron chi connectivity index (χ1n) is 11.6. The Morgan fingerprint density at radius 1 is 1.30 bits per heavy atom. The number of fused-ring (bicyclic) bond motifs is 2. The van der Waals surface area contributed by atoms with E-state index < -0.39 is 17.6 Å². The zero-order chi connectivity index (χ0) is 21.7. The standard InChI is InChI=1S/C14H20N2O4.C10H16/c1-3-4-6-15(2)13(19)11-5-7-16-12(18)10(9-17)8-14(11,16)20;1-2-6-10-8-4-3-7-9(10)5-1/h8-9,11,20H,3-7H2,1-2H3;1,5,9-10H,2-4,6-8H2/t11-,14?;9-,10?/m00/s1. The summed E-state index contributed by atoms with van der Waals surface area (Å²) in [6.07, 6.45) is 17.6. The number of allylic oxidation sites excluding steroid dienone is 2. The third-order valence-corrected chi connectivity index (χ3v) is 7.15. The molecule has 4 rings (SSSR count). The number of hydrogen-bond acceptors (Lipinski definition) is 4. The molecule has 2 fully saturated rings. The van der Waals surface area contributed by atoms with E-state index in [0.29, 0.717) is 25.8 Å². The normalized spacial score (nSPS) is 32.0. The van der Waals surface area contributed by atoms with Gasteiger partial charge in [-0.1, -0.05) is 38.3 Å². The summed E-state index contributed by atoms with van der Waals surface area (Å²) >= 11 is 0. The molecule has 2 aliphatic carbocycles. The van der Waals surface area contributed by atoms with Crippen molar-refractivity contribution in [2.75, 3.05) is 20.1 Å². The van der Waals surface area contributed by atoms with Crippen LogP contribution in [0.4, 0.5) is 0 Å². The van der Waals surface area contributed by atoms with Crippen LogP contribution in [0.1, 0.15) is 64.7 Å². The SMILES string of the molecule is C1=C[C@H]2CCCCC2CC1.CCCCN(C)C(=O)[C@@H]1CCN2C(=O)C(C=O)=CC12O. The first-order chi connectivity index (χ1) is 14.4. The topological polar surface area (TPSA) is 77.9 Å². The Morgan fingerprint density at radius 2 is 2.07 bits per heavy atom. The minimum Gasteiger partial charge on any atom is -0.366 e. The fourth-order valence-corrected chi connectivity index (χ4v) is 5.32. The van der Waals surface area contributed by atoms with Gasteiger partial charge in [0.15, 0.2) is 12.0 Å². The molecule has 0 bridgehead atoms. The lowest BCUT2D eigenvalue weighted by molar-refractivity contribution is -0.151. The van der Waals surface area contributed by atoms with Gasteiger partial charge in [-0.3, -0.25) is 14.4 Å². The van der Waals surface area contributed by atoms with Gasteiger partial charge in [0.2, 0.25) is 5.91 Å². The summed E-state index contributed by atoms with van der Waals surface area (Å²) in [5.41, 5.74) is -1.70. The van der Waals surface area contributed by atoms with Crippen LogP contribution in [0.15, 0.2) is 23.8 Å². The predicted octanol–water partition coefficient (Wildman–Crippen LogP) is 3.06. The lowest BCUT2D eigenvalue weighted by Crippen LogP contribution is -2.50. The summed E-state index contributed by atoms with van der Waals surface area (Å²) in [6, 6.07) is 0. The Labute approximate surface area is 180 Å². The Balaban J connectivity index is 0.000000212. The van der Waals surface area contributed by atoms with Crippen LogP contribution >= 0.6 is 0 Å². The molecule has 0 aromatic heterocycles. The summed E-state index contributed by atoms with van der Waals surface area (Å²) in [5.74, 6) is 0.681. The number of carbonyl (C=O) groups excluding carboxylic acids is 3. The van der Waals surface area contributed by atoms with E-state index in [1.807, 2.05) is 6.92 Å². The number of unbranched alkanes of at least 4 members (excludes halogenated alkanes) is 1. The maximum absolute atomic E-state index is 12.4. The quantitative estimate of drug-likeness (QED) is 0.424. The van der Waals surface area contributed by atoms with E-state index in [9.17, 15) is 19.5 Å². The van der Waals surface area contributed by atoms with Crippen LogP contribution in [-0.4, -0.2) is 58.9 Å². The molecule has 4 aliphatic rings. The second kappa shape index (κ2) is 9.90. The van der Waals surface area contributed by atoms with Gasteiger partial charge in [0.05, 0.1) is 11.5 Å². The molecular formula is C24H36N2O4. The minimum absolute atomic E-state index is 0.0683. The van der Waals surface area contributed by atoms with E-state index >= 15 is 0 Å². The highest BCUT2D eigenvalue weighted by Gasteiger charge is 2.56. The molecule has 1 saturated carbocycles. The van der Waals surface area contributed by atoms with Crippen molar-refractivity contribution >= 4 is 18.1 Å². The number of aldehydes is 1. The third kappa shape index (κ3) is 4.53. The van der Waals surface area contributed by atoms with Crippen molar-refractivity contribution in [1.82, 2.24) is 9.80 Å². The smallest absolute Gasteiger partial charge is 0.259 e. The van der Waals surface area contributed by atoms with Gasteiger partial charge in [-0.25, -0.2) is 0 Å². The molecule has 2 heterocycles. The second-order valence-corrected chi connectivity index (χ2v) is 9.13. The maximum atomic E-state index is 12.4. The molecule has 0 radical (unpaired) electrons. The first kappa shape index (κ1) is 22.7. The average Bonchev–Trinajstić information content (AvgIpc) is 3.23. The van der Waals surface area contributed by atoms with Crippen LogP contribution in [-0.2, 0) is 14.4 Å². The largest absolute Gasteiger partial charge is 0.366 e. The van der Waals surface area contributed by atoms with Gasteiger partial charge in [-0.05, 0) is 56.4 Å². The van der Waals surface area contributed by atoms with Crippen LogP contribution in [0.3, 0.4) is 0 Å². The zero-order valence-corrected chi connectivity index (χ0v) is 18.4. The summed E-state index contributed by atoms with van der Waals surface area (Å²) in [5, 5.41) is 10.6. The van der Waals surface area contributed by atoms with Gasteiger partial charge >= 0.3 is 0 Å². The predicted molar refractivity (Wildman–Crippen MR) is 115 cm³/mol. The van der Waals surface area contributed by atoms with Crippen molar-refractivity contribution in [2.24, 2.45) is 17.8 Å².